The van der Waals surface area contributed by atoms with Gasteiger partial charge in [0.15, 0.2) is 11.0 Å². The van der Waals surface area contributed by atoms with Crippen LogP contribution in [0.5, 0.6) is 5.75 Å². The second kappa shape index (κ2) is 12.7. The summed E-state index contributed by atoms with van der Waals surface area (Å²) >= 11 is 2.64. The van der Waals surface area contributed by atoms with Crippen LogP contribution in [0.3, 0.4) is 0 Å². The molecule has 3 rings (SSSR count). The minimum Gasteiger partial charge on any atom is -0.486 e. The first-order valence-electron chi connectivity index (χ1n) is 11.7. The predicted octanol–water partition coefficient (Wildman–Crippen LogP) is 5.62. The van der Waals surface area contributed by atoms with Crippen molar-refractivity contribution in [1.82, 2.24) is 14.8 Å². The van der Waals surface area contributed by atoms with Crippen molar-refractivity contribution in [1.29, 1.82) is 0 Å². The zero-order chi connectivity index (χ0) is 26.2. The average molecular weight is 529 g/mol. The number of hydrogen-bond acceptors (Lipinski definition) is 8. The summed E-state index contributed by atoms with van der Waals surface area (Å²) in [6.07, 6.45) is 2.42. The van der Waals surface area contributed by atoms with E-state index in [4.69, 9.17) is 9.47 Å². The van der Waals surface area contributed by atoms with E-state index in [1.165, 1.54) is 35.8 Å². The van der Waals surface area contributed by atoms with E-state index in [0.717, 1.165) is 16.2 Å². The van der Waals surface area contributed by atoms with Crippen LogP contribution in [0.25, 0.3) is 0 Å². The number of methoxy groups -OCH3 is 1. The van der Waals surface area contributed by atoms with E-state index in [9.17, 15) is 9.59 Å². The van der Waals surface area contributed by atoms with Crippen LogP contribution in [0.4, 0.5) is 5.00 Å². The summed E-state index contributed by atoms with van der Waals surface area (Å²) in [7, 11) is 1.34. The first-order valence-corrected chi connectivity index (χ1v) is 13.5. The number of nitrogens with zero attached hydrogens (tertiary/aromatic N) is 3. The number of benzene rings is 1. The lowest BCUT2D eigenvalue weighted by Gasteiger charge is -2.10. The summed E-state index contributed by atoms with van der Waals surface area (Å²) in [5.74, 6) is 1.25. The summed E-state index contributed by atoms with van der Waals surface area (Å²) < 4.78 is 12.7. The Morgan fingerprint density at radius 1 is 1.25 bits per heavy atom. The van der Waals surface area contributed by atoms with Crippen molar-refractivity contribution >= 4 is 40.0 Å². The molecule has 0 atom stereocenters. The Morgan fingerprint density at radius 2 is 1.97 bits per heavy atom. The minimum atomic E-state index is -0.451. The molecule has 0 unspecified atom stereocenters. The van der Waals surface area contributed by atoms with Crippen molar-refractivity contribution in [3.8, 4) is 5.75 Å². The largest absolute Gasteiger partial charge is 0.486 e. The zero-order valence-electron chi connectivity index (χ0n) is 21.3. The van der Waals surface area contributed by atoms with Crippen molar-refractivity contribution in [3.05, 3.63) is 64.3 Å². The van der Waals surface area contributed by atoms with Crippen molar-refractivity contribution in [2.24, 2.45) is 0 Å². The van der Waals surface area contributed by atoms with Crippen LogP contribution in [0, 0.1) is 6.92 Å². The Bertz CT molecular complexity index is 1220. The molecule has 0 aliphatic carbocycles. The number of thiophene rings is 1. The second-order valence-corrected chi connectivity index (χ2v) is 10.5. The quantitative estimate of drug-likeness (QED) is 0.185. The first-order chi connectivity index (χ1) is 17.3. The highest BCUT2D eigenvalue weighted by atomic mass is 32.2. The highest BCUT2D eigenvalue weighted by Gasteiger charge is 2.23. The van der Waals surface area contributed by atoms with Gasteiger partial charge < -0.3 is 14.8 Å². The molecule has 0 saturated heterocycles. The molecular weight excluding hydrogens is 496 g/mol. The average Bonchev–Trinajstić information content (AvgIpc) is 3.40. The van der Waals surface area contributed by atoms with Gasteiger partial charge in [-0.1, -0.05) is 50.7 Å². The maximum absolute atomic E-state index is 12.7. The number of ether oxygens (including phenoxy) is 2. The van der Waals surface area contributed by atoms with Crippen molar-refractivity contribution in [2.75, 3.05) is 18.2 Å². The van der Waals surface area contributed by atoms with Gasteiger partial charge in [0.2, 0.25) is 5.91 Å². The summed E-state index contributed by atoms with van der Waals surface area (Å²) in [4.78, 5) is 26.0. The van der Waals surface area contributed by atoms with Crippen LogP contribution in [0.1, 0.15) is 58.9 Å². The Morgan fingerprint density at radius 3 is 2.58 bits per heavy atom. The van der Waals surface area contributed by atoms with Crippen LogP contribution in [-0.4, -0.2) is 39.5 Å². The molecule has 1 N–H and O–H groups in total. The highest BCUT2D eigenvalue weighted by molar-refractivity contribution is 7.99. The molecule has 0 spiro atoms. The fourth-order valence-electron chi connectivity index (χ4n) is 3.65. The number of allylic oxidation sites excluding steroid dienone is 1. The van der Waals surface area contributed by atoms with Crippen LogP contribution in [0.2, 0.25) is 0 Å². The van der Waals surface area contributed by atoms with Crippen LogP contribution in [0.15, 0.2) is 42.1 Å². The number of rotatable bonds is 12. The summed E-state index contributed by atoms with van der Waals surface area (Å²) in [5.41, 5.74) is 2.57. The van der Waals surface area contributed by atoms with Crippen molar-refractivity contribution in [3.63, 3.8) is 0 Å². The lowest BCUT2D eigenvalue weighted by Crippen LogP contribution is -2.17. The molecule has 10 heteroatoms. The molecule has 3 aromatic rings. The third kappa shape index (κ3) is 6.55. The monoisotopic (exact) mass is 528 g/mol. The fraction of sp³-hybridized carbons (Fsp3) is 0.385. The number of nitrogens with one attached hydrogen (secondary N) is 1. The second-order valence-electron chi connectivity index (χ2n) is 8.33. The fourth-order valence-corrected chi connectivity index (χ4v) is 5.56. The lowest BCUT2D eigenvalue weighted by molar-refractivity contribution is -0.113. The number of carbonyl (C=O) groups is 2. The van der Waals surface area contributed by atoms with Gasteiger partial charge in [0.05, 0.1) is 18.4 Å². The molecule has 36 heavy (non-hydrogen) atoms. The Hall–Kier alpha value is -3.11. The van der Waals surface area contributed by atoms with E-state index in [2.05, 4.69) is 48.1 Å². The van der Waals surface area contributed by atoms with E-state index in [1.54, 1.807) is 6.08 Å². The Balaban J connectivity index is 1.66. The SMILES string of the molecule is C=CCn1c(COc2ccc(C(C)C)cc2)nnc1SCC(=O)Nc1sc(C)c(CC)c1C(=O)OC. The van der Waals surface area contributed by atoms with Crippen LogP contribution >= 0.6 is 23.1 Å². The standard InChI is InChI=1S/C26H32N4O4S2/c1-7-13-30-21(14-34-19-11-9-18(10-12-19)16(3)4)28-29-26(30)35-15-22(31)27-24-23(25(32)33-6)20(8-2)17(5)36-24/h7,9-12,16H,1,8,13-15H2,2-6H3,(H,27,31). The van der Waals surface area contributed by atoms with Gasteiger partial charge in [0, 0.05) is 11.4 Å². The summed E-state index contributed by atoms with van der Waals surface area (Å²) in [5, 5.41) is 12.5. The van der Waals surface area contributed by atoms with Gasteiger partial charge in [0.25, 0.3) is 0 Å². The van der Waals surface area contributed by atoms with E-state index >= 15 is 0 Å². The third-order valence-electron chi connectivity index (χ3n) is 5.56. The molecule has 0 saturated carbocycles. The van der Waals surface area contributed by atoms with Gasteiger partial charge in [0.1, 0.15) is 17.4 Å². The van der Waals surface area contributed by atoms with E-state index in [1.807, 2.05) is 30.5 Å². The third-order valence-corrected chi connectivity index (χ3v) is 7.59. The number of anilines is 1. The van der Waals surface area contributed by atoms with E-state index in [0.29, 0.717) is 40.4 Å². The van der Waals surface area contributed by atoms with Crippen molar-refractivity contribution < 1.29 is 19.1 Å². The number of aryl methyl sites for hydroxylation is 1. The van der Waals surface area contributed by atoms with E-state index < -0.39 is 5.97 Å². The molecule has 1 amide bonds. The normalized spacial score (nSPS) is 10.9. The number of hydrogen-bond donors (Lipinski definition) is 1. The first kappa shape index (κ1) is 27.5. The number of esters is 1. The van der Waals surface area contributed by atoms with Gasteiger partial charge in [-0.25, -0.2) is 4.79 Å². The predicted molar refractivity (Wildman–Crippen MR) is 144 cm³/mol. The van der Waals surface area contributed by atoms with Crippen molar-refractivity contribution in [2.45, 2.75) is 58.3 Å². The van der Waals surface area contributed by atoms with Crippen LogP contribution < -0.4 is 10.1 Å². The molecule has 0 aliphatic heterocycles. The summed E-state index contributed by atoms with van der Waals surface area (Å²) in [6, 6.07) is 8.00. The topological polar surface area (TPSA) is 95.3 Å². The maximum Gasteiger partial charge on any atom is 0.341 e. The number of carbonyl (C=O) groups excluding carboxylic acids is 2. The molecular formula is C26H32N4O4S2. The van der Waals surface area contributed by atoms with Gasteiger partial charge in [-0.2, -0.15) is 0 Å². The molecule has 1 aromatic carbocycles. The number of aromatic nitrogens is 3. The maximum atomic E-state index is 12.7. The Labute approximate surface area is 220 Å². The van der Waals surface area contributed by atoms with Gasteiger partial charge >= 0.3 is 5.97 Å². The lowest BCUT2D eigenvalue weighted by atomic mass is 10.0. The molecule has 192 valence electrons. The molecule has 0 fully saturated rings. The molecule has 8 nitrogen and oxygen atoms in total. The molecule has 0 radical (unpaired) electrons. The van der Waals surface area contributed by atoms with Gasteiger partial charge in [-0.05, 0) is 42.5 Å². The smallest absolute Gasteiger partial charge is 0.341 e. The van der Waals surface area contributed by atoms with Gasteiger partial charge in [-0.15, -0.1) is 28.1 Å². The Kier molecular flexibility index (Phi) is 9.72. The number of thioether (sulfide) groups is 1. The molecule has 2 heterocycles. The molecule has 2 aromatic heterocycles. The molecule has 0 bridgehead atoms. The number of amides is 1. The van der Waals surface area contributed by atoms with Gasteiger partial charge in [-0.3, -0.25) is 9.36 Å². The highest BCUT2D eigenvalue weighted by Crippen LogP contribution is 2.34. The van der Waals surface area contributed by atoms with Crippen LogP contribution in [-0.2, 0) is 29.1 Å². The minimum absolute atomic E-state index is 0.103. The molecule has 0 aliphatic rings. The zero-order valence-corrected chi connectivity index (χ0v) is 22.9. The summed E-state index contributed by atoms with van der Waals surface area (Å²) in [6.45, 7) is 12.7. The van der Waals surface area contributed by atoms with E-state index in [-0.39, 0.29) is 18.3 Å².